The topological polar surface area (TPSA) is 279 Å². The first-order valence-electron chi connectivity index (χ1n) is 11.0. The zero-order valence-corrected chi connectivity index (χ0v) is 19.7. The Labute approximate surface area is 213 Å². The van der Waals surface area contributed by atoms with E-state index >= 15 is 0 Å². The molecular formula is C19H30F2N6O11. The summed E-state index contributed by atoms with van der Waals surface area (Å²) in [6.45, 7) is -0.832. The number of aliphatic imine (C=N–C) groups is 1. The van der Waals surface area contributed by atoms with Gasteiger partial charge in [0.05, 0.1) is 6.04 Å². The van der Waals surface area contributed by atoms with Crippen LogP contribution in [0.15, 0.2) is 33.4 Å². The molecule has 0 spiro atoms. The van der Waals surface area contributed by atoms with Crippen molar-refractivity contribution >= 4 is 11.9 Å². The van der Waals surface area contributed by atoms with E-state index in [1.165, 1.54) is 13.2 Å². The Kier molecular flexibility index (Phi) is 9.62. The van der Waals surface area contributed by atoms with Crippen molar-refractivity contribution in [3.05, 3.63) is 23.2 Å². The Balaban J connectivity index is 1.90. The number of hydrogen-bond acceptors (Lipinski definition) is 13. The highest BCUT2D eigenvalue weighted by Crippen LogP contribution is 2.35. The molecule has 3 aliphatic rings. The lowest BCUT2D eigenvalue weighted by Gasteiger charge is -2.45. The first-order valence-corrected chi connectivity index (χ1v) is 11.0. The second-order valence-corrected chi connectivity index (χ2v) is 8.49. The Morgan fingerprint density at radius 3 is 2.37 bits per heavy atom. The molecule has 11 atom stereocenters. The number of aliphatic hydroxyl groups is 7. The van der Waals surface area contributed by atoms with E-state index in [0.717, 1.165) is 5.54 Å². The minimum atomic E-state index is -1.96. The van der Waals surface area contributed by atoms with Crippen molar-refractivity contribution in [1.82, 2.24) is 10.9 Å². The van der Waals surface area contributed by atoms with Gasteiger partial charge in [-0.05, 0) is 6.08 Å². The van der Waals surface area contributed by atoms with Crippen LogP contribution in [0.1, 0.15) is 0 Å². The summed E-state index contributed by atoms with van der Waals surface area (Å²) in [6.07, 6.45) is -13.4. The van der Waals surface area contributed by atoms with Crippen molar-refractivity contribution in [2.24, 2.45) is 21.7 Å². The van der Waals surface area contributed by atoms with Crippen LogP contribution in [-0.2, 0) is 18.9 Å². The van der Waals surface area contributed by atoms with Crippen LogP contribution < -0.4 is 22.3 Å². The number of rotatable bonds is 9. The first-order chi connectivity index (χ1) is 18.0. The van der Waals surface area contributed by atoms with Gasteiger partial charge < -0.3 is 71.5 Å². The Hall–Kier alpha value is -2.88. The fourth-order valence-corrected chi connectivity index (χ4v) is 4.22. The Morgan fingerprint density at radius 1 is 1.16 bits per heavy atom. The van der Waals surface area contributed by atoms with Gasteiger partial charge in [0.2, 0.25) is 18.2 Å². The molecule has 3 rings (SSSR count). The number of methoxy groups -OCH3 is 1. The normalized spacial score (nSPS) is 38.8. The van der Waals surface area contributed by atoms with Gasteiger partial charge in [0, 0.05) is 12.7 Å². The molecule has 13 N–H and O–H groups in total. The van der Waals surface area contributed by atoms with Gasteiger partial charge in [0.15, 0.2) is 23.9 Å². The van der Waals surface area contributed by atoms with E-state index in [4.69, 9.17) is 30.4 Å². The van der Waals surface area contributed by atoms with Crippen molar-refractivity contribution in [2.45, 2.75) is 67.4 Å². The van der Waals surface area contributed by atoms with Crippen LogP contribution in [0.4, 0.5) is 8.96 Å². The predicted octanol–water partition coefficient (Wildman–Crippen LogP) is -5.08. The average molecular weight is 556 g/mol. The zero-order valence-electron chi connectivity index (χ0n) is 19.7. The number of ether oxygens (including phenoxy) is 4. The fraction of sp³-hybridized carbons (Fsp3) is 0.684. The molecular weight excluding hydrogens is 526 g/mol. The molecule has 1 fully saturated rings. The minimum absolute atomic E-state index is 0.0961. The molecule has 38 heavy (non-hydrogen) atoms. The second kappa shape index (κ2) is 12.3. The summed E-state index contributed by atoms with van der Waals surface area (Å²) in [7, 11) is 1.19. The van der Waals surface area contributed by atoms with Crippen LogP contribution >= 0.6 is 0 Å². The molecule has 216 valence electrons. The van der Waals surface area contributed by atoms with Crippen LogP contribution in [0.25, 0.3) is 0 Å². The maximum atomic E-state index is 12.8. The van der Waals surface area contributed by atoms with Gasteiger partial charge in [-0.25, -0.2) is 4.99 Å². The number of nitrogens with two attached hydrogens (primary N) is 2. The SMILES string of the molecule is COC(OC1C(O)=C(CO)OC1OC1C(O)C(O)C(N=C(N)NF)C(O)C1NC(N)=NF)C1=CC(O)C1O. The summed E-state index contributed by atoms with van der Waals surface area (Å²) < 4.78 is 47.3. The van der Waals surface area contributed by atoms with Gasteiger partial charge in [-0.3, -0.25) is 0 Å². The molecule has 2 aliphatic carbocycles. The van der Waals surface area contributed by atoms with E-state index in [-0.39, 0.29) is 5.57 Å². The van der Waals surface area contributed by atoms with Crippen molar-refractivity contribution < 1.29 is 63.7 Å². The third kappa shape index (κ3) is 5.75. The molecule has 0 amide bonds. The van der Waals surface area contributed by atoms with E-state index < -0.39 is 97.4 Å². The first kappa shape index (κ1) is 29.7. The van der Waals surface area contributed by atoms with E-state index in [0.29, 0.717) is 0 Å². The third-order valence-electron chi connectivity index (χ3n) is 6.18. The van der Waals surface area contributed by atoms with E-state index in [1.807, 2.05) is 0 Å². The molecule has 0 aromatic heterocycles. The number of hydrogen-bond donors (Lipinski definition) is 11. The van der Waals surface area contributed by atoms with Crippen LogP contribution in [0.5, 0.6) is 0 Å². The Morgan fingerprint density at radius 2 is 1.84 bits per heavy atom. The molecule has 0 radical (unpaired) electrons. The highest BCUT2D eigenvalue weighted by molar-refractivity contribution is 5.78. The van der Waals surface area contributed by atoms with Crippen molar-refractivity contribution in [3.63, 3.8) is 0 Å². The maximum absolute atomic E-state index is 12.8. The van der Waals surface area contributed by atoms with Crippen molar-refractivity contribution in [1.29, 1.82) is 0 Å². The highest BCUT2D eigenvalue weighted by Gasteiger charge is 2.54. The van der Waals surface area contributed by atoms with E-state index in [2.05, 4.69) is 15.5 Å². The predicted molar refractivity (Wildman–Crippen MR) is 120 cm³/mol. The standard InChI is InChI=1S/C19H30F2N6O11/c1-35-16(4-2-5(29)9(4)30)38-15-10(31)6(3-28)36-17(15)37-14-8(25-19(23)27-21)11(32)7(12(33)13(14)34)24-18(22)26-20/h2,5,7-9,11-17,28-34H,3H2,1H3,(H3,22,24,26)(H3,23,25,27). The van der Waals surface area contributed by atoms with Gasteiger partial charge >= 0.3 is 0 Å². The molecule has 19 heteroatoms. The average Bonchev–Trinajstić information content (AvgIpc) is 3.21. The van der Waals surface area contributed by atoms with Crippen LogP contribution in [0.2, 0.25) is 0 Å². The molecule has 0 saturated heterocycles. The smallest absolute Gasteiger partial charge is 0.234 e. The van der Waals surface area contributed by atoms with E-state index in [1.54, 1.807) is 0 Å². The summed E-state index contributed by atoms with van der Waals surface area (Å²) >= 11 is 0. The molecule has 17 nitrogen and oxygen atoms in total. The summed E-state index contributed by atoms with van der Waals surface area (Å²) in [5, 5.41) is 76.1. The zero-order chi connectivity index (χ0) is 28.3. The number of nitrogens with one attached hydrogen (secondary N) is 2. The summed E-state index contributed by atoms with van der Waals surface area (Å²) in [6, 6.07) is -3.28. The van der Waals surface area contributed by atoms with Gasteiger partial charge in [-0.1, -0.05) is 9.70 Å². The molecule has 0 aromatic carbocycles. The number of halogens is 2. The van der Waals surface area contributed by atoms with Crippen molar-refractivity contribution in [3.8, 4) is 0 Å². The summed E-state index contributed by atoms with van der Waals surface area (Å²) in [5.41, 5.74) is 11.7. The monoisotopic (exact) mass is 556 g/mol. The number of aliphatic hydroxyl groups excluding tert-OH is 7. The molecule has 1 aliphatic heterocycles. The Bertz CT molecular complexity index is 971. The lowest BCUT2D eigenvalue weighted by atomic mass is 9.81. The van der Waals surface area contributed by atoms with Crippen molar-refractivity contribution in [2.75, 3.05) is 13.7 Å². The summed E-state index contributed by atoms with van der Waals surface area (Å²) in [4.78, 5) is 3.54. The van der Waals surface area contributed by atoms with Gasteiger partial charge in [-0.2, -0.15) is 5.54 Å². The van der Waals surface area contributed by atoms with E-state index in [9.17, 15) is 44.7 Å². The summed E-state index contributed by atoms with van der Waals surface area (Å²) in [5.74, 6) is -2.82. The lowest BCUT2D eigenvalue weighted by Crippen LogP contribution is -2.70. The minimum Gasteiger partial charge on any atom is -0.506 e. The fourth-order valence-electron chi connectivity index (χ4n) is 4.22. The van der Waals surface area contributed by atoms with Gasteiger partial charge in [0.1, 0.15) is 49.3 Å². The molecule has 11 unspecified atom stereocenters. The number of nitrogens with zero attached hydrogens (tertiary/aromatic N) is 2. The quantitative estimate of drug-likeness (QED) is 0.0416. The van der Waals surface area contributed by atoms with Crippen LogP contribution in [0, 0.1) is 0 Å². The largest absolute Gasteiger partial charge is 0.506 e. The third-order valence-corrected chi connectivity index (χ3v) is 6.18. The number of guanidine groups is 2. The molecule has 1 saturated carbocycles. The molecule has 0 aromatic rings. The van der Waals surface area contributed by atoms with Crippen LogP contribution in [0.3, 0.4) is 0 Å². The van der Waals surface area contributed by atoms with Gasteiger partial charge in [-0.15, -0.1) is 4.48 Å². The molecule has 0 bridgehead atoms. The van der Waals surface area contributed by atoms with Gasteiger partial charge in [0.25, 0.3) is 0 Å². The molecule has 1 heterocycles. The van der Waals surface area contributed by atoms with Crippen LogP contribution in [-0.4, -0.2) is 129 Å². The second-order valence-electron chi connectivity index (χ2n) is 8.49. The lowest BCUT2D eigenvalue weighted by molar-refractivity contribution is -0.260. The highest BCUT2D eigenvalue weighted by atomic mass is 19.2. The maximum Gasteiger partial charge on any atom is 0.234 e.